The SMILES string of the molecule is Cl.O=C(Nc1ccc(F)cc1F)C1CCNC1. The topological polar surface area (TPSA) is 41.1 Å². The van der Waals surface area contributed by atoms with Gasteiger partial charge in [-0.25, -0.2) is 8.78 Å². The molecule has 0 radical (unpaired) electrons. The molecule has 1 atom stereocenters. The lowest BCUT2D eigenvalue weighted by atomic mass is 10.1. The zero-order valence-corrected chi connectivity index (χ0v) is 9.82. The molecule has 1 aliphatic rings. The number of hydrogen-bond donors (Lipinski definition) is 2. The van der Waals surface area contributed by atoms with Crippen molar-refractivity contribution in [2.24, 2.45) is 5.92 Å². The molecular weight excluding hydrogens is 250 g/mol. The summed E-state index contributed by atoms with van der Waals surface area (Å²) < 4.78 is 25.9. The molecule has 1 amide bonds. The fourth-order valence-electron chi connectivity index (χ4n) is 1.70. The van der Waals surface area contributed by atoms with Crippen LogP contribution >= 0.6 is 12.4 Å². The summed E-state index contributed by atoms with van der Waals surface area (Å²) in [6, 6.07) is 3.10. The van der Waals surface area contributed by atoms with Crippen molar-refractivity contribution in [1.29, 1.82) is 0 Å². The van der Waals surface area contributed by atoms with Gasteiger partial charge < -0.3 is 10.6 Å². The van der Waals surface area contributed by atoms with Crippen molar-refractivity contribution in [3.8, 4) is 0 Å². The first-order valence-corrected chi connectivity index (χ1v) is 5.13. The first-order valence-electron chi connectivity index (χ1n) is 5.13. The third-order valence-corrected chi connectivity index (χ3v) is 2.62. The standard InChI is InChI=1S/C11H12F2N2O.ClH/c12-8-1-2-10(9(13)5-8)15-11(16)7-3-4-14-6-7;/h1-2,5,7,14H,3-4,6H2,(H,15,16);1H. The van der Waals surface area contributed by atoms with Crippen LogP contribution in [0.4, 0.5) is 14.5 Å². The Kier molecular flexibility index (Phi) is 4.84. The van der Waals surface area contributed by atoms with Crippen molar-refractivity contribution < 1.29 is 13.6 Å². The molecule has 1 unspecified atom stereocenters. The summed E-state index contributed by atoms with van der Waals surface area (Å²) in [5, 5.41) is 5.51. The molecule has 1 fully saturated rings. The van der Waals surface area contributed by atoms with Gasteiger partial charge in [0.2, 0.25) is 5.91 Å². The van der Waals surface area contributed by atoms with Gasteiger partial charge in [0, 0.05) is 12.6 Å². The molecule has 2 N–H and O–H groups in total. The molecule has 1 aliphatic heterocycles. The Bertz CT molecular complexity index is 408. The summed E-state index contributed by atoms with van der Waals surface area (Å²) in [6.07, 6.45) is 0.745. The van der Waals surface area contributed by atoms with Crippen LogP contribution in [-0.2, 0) is 4.79 Å². The van der Waals surface area contributed by atoms with Gasteiger partial charge in [0.05, 0.1) is 11.6 Å². The molecule has 0 saturated carbocycles. The minimum Gasteiger partial charge on any atom is -0.323 e. The lowest BCUT2D eigenvalue weighted by Gasteiger charge is -2.10. The second kappa shape index (κ2) is 5.93. The van der Waals surface area contributed by atoms with Gasteiger partial charge in [0.1, 0.15) is 11.6 Å². The third kappa shape index (κ3) is 3.38. The number of anilines is 1. The largest absolute Gasteiger partial charge is 0.323 e. The van der Waals surface area contributed by atoms with E-state index >= 15 is 0 Å². The molecular formula is C11H13ClF2N2O. The molecule has 17 heavy (non-hydrogen) atoms. The van der Waals surface area contributed by atoms with Crippen molar-refractivity contribution in [3.05, 3.63) is 29.8 Å². The Morgan fingerprint density at radius 3 is 2.76 bits per heavy atom. The minimum atomic E-state index is -0.751. The van der Waals surface area contributed by atoms with E-state index in [4.69, 9.17) is 0 Å². The zero-order chi connectivity index (χ0) is 11.5. The highest BCUT2D eigenvalue weighted by molar-refractivity contribution is 5.93. The van der Waals surface area contributed by atoms with Crippen LogP contribution in [0.15, 0.2) is 18.2 Å². The van der Waals surface area contributed by atoms with Gasteiger partial charge in [-0.1, -0.05) is 0 Å². The lowest BCUT2D eigenvalue weighted by molar-refractivity contribution is -0.119. The Labute approximate surface area is 104 Å². The summed E-state index contributed by atoms with van der Waals surface area (Å²) in [5.41, 5.74) is 0.0262. The average Bonchev–Trinajstić information content (AvgIpc) is 2.75. The number of benzene rings is 1. The molecule has 1 aromatic rings. The quantitative estimate of drug-likeness (QED) is 0.855. The van der Waals surface area contributed by atoms with E-state index < -0.39 is 11.6 Å². The van der Waals surface area contributed by atoms with Crippen molar-refractivity contribution in [1.82, 2.24) is 5.32 Å². The van der Waals surface area contributed by atoms with E-state index in [1.807, 2.05) is 0 Å². The number of halogens is 3. The molecule has 0 bridgehead atoms. The summed E-state index contributed by atoms with van der Waals surface area (Å²) in [4.78, 5) is 11.6. The van der Waals surface area contributed by atoms with E-state index in [2.05, 4.69) is 10.6 Å². The second-order valence-electron chi connectivity index (χ2n) is 3.80. The average molecular weight is 263 g/mol. The molecule has 1 aromatic carbocycles. The number of carbonyl (C=O) groups excluding carboxylic acids is 1. The first kappa shape index (κ1) is 13.9. The van der Waals surface area contributed by atoms with Crippen LogP contribution in [0.3, 0.4) is 0 Å². The number of rotatable bonds is 2. The van der Waals surface area contributed by atoms with E-state index in [0.29, 0.717) is 6.54 Å². The monoisotopic (exact) mass is 262 g/mol. The molecule has 0 spiro atoms. The summed E-state index contributed by atoms with van der Waals surface area (Å²) >= 11 is 0. The molecule has 3 nitrogen and oxygen atoms in total. The van der Waals surface area contributed by atoms with E-state index in [1.54, 1.807) is 0 Å². The van der Waals surface area contributed by atoms with Gasteiger partial charge in [-0.3, -0.25) is 4.79 Å². The smallest absolute Gasteiger partial charge is 0.228 e. The molecule has 0 aromatic heterocycles. The van der Waals surface area contributed by atoms with Crippen LogP contribution in [0.5, 0.6) is 0 Å². The van der Waals surface area contributed by atoms with Gasteiger partial charge in [-0.2, -0.15) is 0 Å². The van der Waals surface area contributed by atoms with Gasteiger partial charge >= 0.3 is 0 Å². The van der Waals surface area contributed by atoms with Crippen molar-refractivity contribution in [2.75, 3.05) is 18.4 Å². The fourth-order valence-corrected chi connectivity index (χ4v) is 1.70. The third-order valence-electron chi connectivity index (χ3n) is 2.62. The molecule has 2 rings (SSSR count). The zero-order valence-electron chi connectivity index (χ0n) is 9.00. The van der Waals surface area contributed by atoms with Crippen LogP contribution in [0, 0.1) is 17.6 Å². The predicted molar refractivity (Wildman–Crippen MR) is 63.2 cm³/mol. The van der Waals surface area contributed by atoms with Crippen molar-refractivity contribution in [3.63, 3.8) is 0 Å². The van der Waals surface area contributed by atoms with E-state index in [0.717, 1.165) is 25.1 Å². The van der Waals surface area contributed by atoms with E-state index in [-0.39, 0.29) is 29.9 Å². The van der Waals surface area contributed by atoms with Crippen LogP contribution in [-0.4, -0.2) is 19.0 Å². The van der Waals surface area contributed by atoms with Crippen LogP contribution in [0.25, 0.3) is 0 Å². The van der Waals surface area contributed by atoms with Crippen LogP contribution < -0.4 is 10.6 Å². The van der Waals surface area contributed by atoms with Gasteiger partial charge in [0.25, 0.3) is 0 Å². The van der Waals surface area contributed by atoms with Gasteiger partial charge in [0.15, 0.2) is 0 Å². The Balaban J connectivity index is 0.00000144. The Morgan fingerprint density at radius 2 is 2.18 bits per heavy atom. The number of hydrogen-bond acceptors (Lipinski definition) is 2. The summed E-state index contributed by atoms with van der Waals surface area (Å²) in [7, 11) is 0. The molecule has 0 aliphatic carbocycles. The normalized spacial score (nSPS) is 18.6. The lowest BCUT2D eigenvalue weighted by Crippen LogP contribution is -2.25. The van der Waals surface area contributed by atoms with Gasteiger partial charge in [-0.15, -0.1) is 12.4 Å². The highest BCUT2D eigenvalue weighted by atomic mass is 35.5. The van der Waals surface area contributed by atoms with E-state index in [1.165, 1.54) is 6.07 Å². The Hall–Kier alpha value is -1.20. The van der Waals surface area contributed by atoms with Crippen molar-refractivity contribution >= 4 is 24.0 Å². The van der Waals surface area contributed by atoms with E-state index in [9.17, 15) is 13.6 Å². The fraction of sp³-hybridized carbons (Fsp3) is 0.364. The molecule has 6 heteroatoms. The predicted octanol–water partition coefficient (Wildman–Crippen LogP) is 1.93. The summed E-state index contributed by atoms with van der Waals surface area (Å²) in [5.74, 6) is -1.77. The highest BCUT2D eigenvalue weighted by Crippen LogP contribution is 2.17. The maximum Gasteiger partial charge on any atom is 0.228 e. The van der Waals surface area contributed by atoms with Crippen molar-refractivity contribution in [2.45, 2.75) is 6.42 Å². The molecule has 94 valence electrons. The molecule has 1 saturated heterocycles. The van der Waals surface area contributed by atoms with Gasteiger partial charge in [-0.05, 0) is 25.1 Å². The Morgan fingerprint density at radius 1 is 1.41 bits per heavy atom. The first-order chi connectivity index (χ1) is 7.66. The molecule has 1 heterocycles. The maximum atomic E-state index is 13.2. The highest BCUT2D eigenvalue weighted by Gasteiger charge is 2.22. The number of nitrogens with one attached hydrogen (secondary N) is 2. The van der Waals surface area contributed by atoms with Crippen LogP contribution in [0.1, 0.15) is 6.42 Å². The number of amides is 1. The summed E-state index contributed by atoms with van der Waals surface area (Å²) in [6.45, 7) is 1.40. The van der Waals surface area contributed by atoms with Crippen LogP contribution in [0.2, 0.25) is 0 Å². The minimum absolute atomic E-state index is 0. The number of carbonyl (C=O) groups is 1. The maximum absolute atomic E-state index is 13.2. The second-order valence-corrected chi connectivity index (χ2v) is 3.80.